The molecule has 2 nitrogen and oxygen atoms in total. The van der Waals surface area contributed by atoms with Crippen LogP contribution in [0.25, 0.3) is 66.1 Å². The van der Waals surface area contributed by atoms with E-state index in [-0.39, 0.29) is 0 Å². The van der Waals surface area contributed by atoms with E-state index in [1.807, 2.05) is 18.2 Å². The zero-order valence-electron chi connectivity index (χ0n) is 26.3. The molecule has 0 N–H and O–H groups in total. The molecular formula is C46H31NO. The van der Waals surface area contributed by atoms with E-state index in [0.717, 1.165) is 39.4 Å². The van der Waals surface area contributed by atoms with Crippen molar-refractivity contribution in [2.45, 2.75) is 0 Å². The Balaban J connectivity index is 1.13. The molecule has 0 saturated heterocycles. The first-order valence-electron chi connectivity index (χ1n) is 16.3. The second kappa shape index (κ2) is 11.8. The molecule has 0 fully saturated rings. The monoisotopic (exact) mass is 613 g/mol. The van der Waals surface area contributed by atoms with Crippen molar-refractivity contribution in [3.63, 3.8) is 0 Å². The van der Waals surface area contributed by atoms with E-state index < -0.39 is 0 Å². The van der Waals surface area contributed by atoms with Crippen molar-refractivity contribution in [1.29, 1.82) is 0 Å². The first-order valence-corrected chi connectivity index (χ1v) is 16.3. The summed E-state index contributed by atoms with van der Waals surface area (Å²) >= 11 is 0. The second-order valence-corrected chi connectivity index (χ2v) is 12.2. The summed E-state index contributed by atoms with van der Waals surface area (Å²) in [4.78, 5) is 2.32. The molecule has 8 aromatic carbocycles. The predicted molar refractivity (Wildman–Crippen MR) is 202 cm³/mol. The van der Waals surface area contributed by atoms with Gasteiger partial charge in [0.15, 0.2) is 0 Å². The van der Waals surface area contributed by atoms with Crippen LogP contribution in [0.4, 0.5) is 17.1 Å². The molecule has 0 saturated carbocycles. The van der Waals surface area contributed by atoms with E-state index in [1.54, 1.807) is 0 Å². The maximum atomic E-state index is 6.28. The lowest BCUT2D eigenvalue weighted by Gasteiger charge is -2.26. The molecule has 1 heterocycles. The van der Waals surface area contributed by atoms with Crippen LogP contribution in [0.3, 0.4) is 0 Å². The smallest absolute Gasteiger partial charge is 0.135 e. The number of rotatable bonds is 6. The van der Waals surface area contributed by atoms with Crippen molar-refractivity contribution in [3.8, 4) is 33.6 Å². The van der Waals surface area contributed by atoms with Gasteiger partial charge < -0.3 is 9.32 Å². The van der Waals surface area contributed by atoms with Gasteiger partial charge in [-0.05, 0) is 98.4 Å². The molecule has 0 bridgehead atoms. The predicted octanol–water partition coefficient (Wildman–Crippen LogP) is 13.2. The van der Waals surface area contributed by atoms with E-state index >= 15 is 0 Å². The number of anilines is 3. The highest BCUT2D eigenvalue weighted by Crippen LogP contribution is 2.40. The van der Waals surface area contributed by atoms with Crippen molar-refractivity contribution in [1.82, 2.24) is 0 Å². The van der Waals surface area contributed by atoms with Gasteiger partial charge in [0.1, 0.15) is 11.3 Å². The number of para-hydroxylation sites is 1. The highest BCUT2D eigenvalue weighted by Gasteiger charge is 2.16. The minimum absolute atomic E-state index is 0.857. The Labute approximate surface area is 279 Å². The average molecular weight is 614 g/mol. The van der Waals surface area contributed by atoms with Gasteiger partial charge in [-0.1, -0.05) is 133 Å². The van der Waals surface area contributed by atoms with Crippen LogP contribution in [-0.2, 0) is 0 Å². The van der Waals surface area contributed by atoms with Gasteiger partial charge in [-0.3, -0.25) is 0 Å². The van der Waals surface area contributed by atoms with Crippen molar-refractivity contribution >= 4 is 49.6 Å². The third-order valence-electron chi connectivity index (χ3n) is 9.25. The molecular weight excluding hydrogens is 583 g/mol. The number of furan rings is 1. The quantitative estimate of drug-likeness (QED) is 0.185. The van der Waals surface area contributed by atoms with Gasteiger partial charge in [-0.2, -0.15) is 0 Å². The highest BCUT2D eigenvalue weighted by atomic mass is 16.3. The number of hydrogen-bond acceptors (Lipinski definition) is 2. The topological polar surface area (TPSA) is 16.4 Å². The van der Waals surface area contributed by atoms with Gasteiger partial charge in [0, 0.05) is 28.0 Å². The zero-order valence-corrected chi connectivity index (χ0v) is 26.3. The largest absolute Gasteiger partial charge is 0.456 e. The van der Waals surface area contributed by atoms with Gasteiger partial charge >= 0.3 is 0 Å². The summed E-state index contributed by atoms with van der Waals surface area (Å²) < 4.78 is 6.28. The number of nitrogens with zero attached hydrogens (tertiary/aromatic N) is 1. The normalized spacial score (nSPS) is 11.3. The fourth-order valence-corrected chi connectivity index (χ4v) is 6.81. The Morgan fingerprint density at radius 2 is 0.958 bits per heavy atom. The van der Waals surface area contributed by atoms with Gasteiger partial charge in [0.05, 0.1) is 0 Å². The zero-order chi connectivity index (χ0) is 31.9. The average Bonchev–Trinajstić information content (AvgIpc) is 3.60. The SMILES string of the molecule is c1cc(-c2cc3ccccc3o2)cc(N(c2ccc(-c3ccc4ccccc4c3)cc2)c2ccc(-c3cccc4ccccc34)cc2)c1. The molecule has 226 valence electrons. The molecule has 0 spiro atoms. The Morgan fingerprint density at radius 3 is 1.75 bits per heavy atom. The molecule has 0 unspecified atom stereocenters. The minimum atomic E-state index is 0.857. The molecule has 9 rings (SSSR count). The number of hydrogen-bond donors (Lipinski definition) is 0. The fourth-order valence-electron chi connectivity index (χ4n) is 6.81. The van der Waals surface area contributed by atoms with Gasteiger partial charge in [-0.15, -0.1) is 0 Å². The summed E-state index contributed by atoms with van der Waals surface area (Å²) in [6.07, 6.45) is 0. The standard InChI is InChI=1S/C46H31NO/c1-2-11-36-29-37(20-19-32(36)9-1)33-21-25-40(26-22-33)47(42-15-7-14-38(30-42)46-31-39-12-4-6-18-45(39)48-46)41-27-23-35(24-28-41)44-17-8-13-34-10-3-5-16-43(34)44/h1-31H. The Hall–Kier alpha value is -6.38. The Kier molecular flexibility index (Phi) is 6.84. The second-order valence-electron chi connectivity index (χ2n) is 12.2. The summed E-state index contributed by atoms with van der Waals surface area (Å²) in [5.41, 5.74) is 9.97. The van der Waals surface area contributed by atoms with Crippen molar-refractivity contribution in [2.24, 2.45) is 0 Å². The van der Waals surface area contributed by atoms with Crippen molar-refractivity contribution < 1.29 is 4.42 Å². The van der Waals surface area contributed by atoms with Gasteiger partial charge in [0.2, 0.25) is 0 Å². The highest BCUT2D eigenvalue weighted by molar-refractivity contribution is 5.97. The molecule has 0 radical (unpaired) electrons. The molecule has 1 aromatic heterocycles. The molecule has 0 amide bonds. The molecule has 0 aliphatic carbocycles. The summed E-state index contributed by atoms with van der Waals surface area (Å²) in [5.74, 6) is 0.857. The number of benzene rings is 8. The third-order valence-corrected chi connectivity index (χ3v) is 9.25. The van der Waals surface area contributed by atoms with E-state index in [2.05, 4.69) is 175 Å². The summed E-state index contributed by atoms with van der Waals surface area (Å²) in [7, 11) is 0. The van der Waals surface area contributed by atoms with Crippen LogP contribution in [0, 0.1) is 0 Å². The molecule has 9 aromatic rings. The Bertz CT molecular complexity index is 2520. The van der Waals surface area contributed by atoms with Crippen LogP contribution in [0.2, 0.25) is 0 Å². The molecule has 2 heteroatoms. The van der Waals surface area contributed by atoms with Gasteiger partial charge in [-0.25, -0.2) is 0 Å². The first-order chi connectivity index (χ1) is 23.8. The van der Waals surface area contributed by atoms with Crippen LogP contribution >= 0.6 is 0 Å². The van der Waals surface area contributed by atoms with Gasteiger partial charge in [0.25, 0.3) is 0 Å². The van der Waals surface area contributed by atoms with E-state index in [4.69, 9.17) is 4.42 Å². The summed E-state index contributed by atoms with van der Waals surface area (Å²) in [5, 5.41) is 6.10. The van der Waals surface area contributed by atoms with Crippen LogP contribution in [0.15, 0.2) is 192 Å². The van der Waals surface area contributed by atoms with E-state index in [1.165, 1.54) is 43.8 Å². The Morgan fingerprint density at radius 1 is 0.333 bits per heavy atom. The fraction of sp³-hybridized carbons (Fsp3) is 0. The van der Waals surface area contributed by atoms with Crippen LogP contribution in [0.5, 0.6) is 0 Å². The van der Waals surface area contributed by atoms with E-state index in [9.17, 15) is 0 Å². The summed E-state index contributed by atoms with van der Waals surface area (Å²) in [6.45, 7) is 0. The lowest BCUT2D eigenvalue weighted by Crippen LogP contribution is -2.10. The first kappa shape index (κ1) is 27.9. The minimum Gasteiger partial charge on any atom is -0.456 e. The molecule has 0 aliphatic heterocycles. The molecule has 0 aliphatic rings. The van der Waals surface area contributed by atoms with E-state index in [0.29, 0.717) is 0 Å². The molecule has 0 atom stereocenters. The van der Waals surface area contributed by atoms with Crippen LogP contribution in [-0.4, -0.2) is 0 Å². The summed E-state index contributed by atoms with van der Waals surface area (Å²) in [6, 6.07) is 67.0. The molecule has 48 heavy (non-hydrogen) atoms. The maximum absolute atomic E-state index is 6.28. The van der Waals surface area contributed by atoms with Crippen molar-refractivity contribution in [2.75, 3.05) is 4.90 Å². The lowest BCUT2D eigenvalue weighted by molar-refractivity contribution is 0.631. The van der Waals surface area contributed by atoms with Crippen molar-refractivity contribution in [3.05, 3.63) is 188 Å². The number of fused-ring (bicyclic) bond motifs is 3. The van der Waals surface area contributed by atoms with Crippen LogP contribution in [0.1, 0.15) is 0 Å². The maximum Gasteiger partial charge on any atom is 0.135 e. The lowest BCUT2D eigenvalue weighted by atomic mass is 9.98. The van der Waals surface area contributed by atoms with Crippen LogP contribution < -0.4 is 4.90 Å². The third kappa shape index (κ3) is 5.10.